The molecule has 1 heterocycles. The maximum absolute atomic E-state index is 12.4. The minimum absolute atomic E-state index is 0.187. The van der Waals surface area contributed by atoms with E-state index in [1.54, 1.807) is 18.2 Å². The number of para-hydroxylation sites is 1. The third-order valence-corrected chi connectivity index (χ3v) is 3.49. The van der Waals surface area contributed by atoms with Crippen molar-refractivity contribution in [1.29, 1.82) is 0 Å². The standard InChI is InChI=1S/C18H19NO4/c1-2-15(23-14-6-4-3-5-7-14)18(20)19-13-8-9-16-17(12-13)22-11-10-21-16/h3-9,12,15H,2,10-11H2,1H3,(H,19,20)/t15-/m1/s1. The summed E-state index contributed by atoms with van der Waals surface area (Å²) >= 11 is 0. The van der Waals surface area contributed by atoms with Crippen molar-refractivity contribution < 1.29 is 19.0 Å². The minimum atomic E-state index is -0.550. The maximum atomic E-state index is 12.4. The van der Waals surface area contributed by atoms with Crippen LogP contribution in [-0.2, 0) is 4.79 Å². The molecule has 23 heavy (non-hydrogen) atoms. The van der Waals surface area contributed by atoms with E-state index in [1.165, 1.54) is 0 Å². The summed E-state index contributed by atoms with van der Waals surface area (Å²) < 4.78 is 16.7. The second-order valence-electron chi connectivity index (χ2n) is 5.18. The molecule has 3 rings (SSSR count). The first-order valence-corrected chi connectivity index (χ1v) is 7.68. The summed E-state index contributed by atoms with van der Waals surface area (Å²) in [5.41, 5.74) is 0.661. The molecule has 0 bridgehead atoms. The first-order chi connectivity index (χ1) is 11.3. The average Bonchev–Trinajstić information content (AvgIpc) is 2.60. The zero-order valence-electron chi connectivity index (χ0n) is 13.0. The monoisotopic (exact) mass is 313 g/mol. The number of carbonyl (C=O) groups excluding carboxylic acids is 1. The van der Waals surface area contributed by atoms with Crippen LogP contribution in [0.15, 0.2) is 48.5 Å². The number of ether oxygens (including phenoxy) is 3. The van der Waals surface area contributed by atoms with Gasteiger partial charge in [-0.25, -0.2) is 0 Å². The Morgan fingerprint density at radius 3 is 2.61 bits per heavy atom. The van der Waals surface area contributed by atoms with E-state index in [2.05, 4.69) is 5.32 Å². The molecule has 0 unspecified atom stereocenters. The minimum Gasteiger partial charge on any atom is -0.486 e. The zero-order valence-corrected chi connectivity index (χ0v) is 13.0. The van der Waals surface area contributed by atoms with Crippen LogP contribution in [0.1, 0.15) is 13.3 Å². The van der Waals surface area contributed by atoms with Crippen LogP contribution in [0, 0.1) is 0 Å². The molecule has 5 heteroatoms. The van der Waals surface area contributed by atoms with E-state index in [9.17, 15) is 4.79 Å². The van der Waals surface area contributed by atoms with Gasteiger partial charge in [-0.2, -0.15) is 0 Å². The predicted molar refractivity (Wildman–Crippen MR) is 87.2 cm³/mol. The van der Waals surface area contributed by atoms with E-state index in [0.29, 0.717) is 42.6 Å². The fraction of sp³-hybridized carbons (Fsp3) is 0.278. The summed E-state index contributed by atoms with van der Waals surface area (Å²) in [7, 11) is 0. The van der Waals surface area contributed by atoms with E-state index >= 15 is 0 Å². The van der Waals surface area contributed by atoms with Gasteiger partial charge in [0.15, 0.2) is 17.6 Å². The molecule has 0 fully saturated rings. The molecule has 1 amide bonds. The molecule has 1 N–H and O–H groups in total. The lowest BCUT2D eigenvalue weighted by Crippen LogP contribution is -2.32. The number of amides is 1. The van der Waals surface area contributed by atoms with Crippen molar-refractivity contribution in [2.45, 2.75) is 19.4 Å². The maximum Gasteiger partial charge on any atom is 0.265 e. The van der Waals surface area contributed by atoms with Gasteiger partial charge in [0, 0.05) is 11.8 Å². The molecule has 1 atom stereocenters. The molecule has 0 saturated carbocycles. The van der Waals surface area contributed by atoms with Crippen LogP contribution >= 0.6 is 0 Å². The second-order valence-corrected chi connectivity index (χ2v) is 5.18. The fourth-order valence-corrected chi connectivity index (χ4v) is 2.33. The Morgan fingerprint density at radius 2 is 1.87 bits per heavy atom. The van der Waals surface area contributed by atoms with Crippen molar-refractivity contribution in [2.24, 2.45) is 0 Å². The fourth-order valence-electron chi connectivity index (χ4n) is 2.33. The Balaban J connectivity index is 1.67. The summed E-state index contributed by atoms with van der Waals surface area (Å²) in [5, 5.41) is 2.86. The van der Waals surface area contributed by atoms with E-state index in [-0.39, 0.29) is 5.91 Å². The Morgan fingerprint density at radius 1 is 1.13 bits per heavy atom. The Hall–Kier alpha value is -2.69. The molecule has 2 aromatic rings. The van der Waals surface area contributed by atoms with Gasteiger partial charge in [0.2, 0.25) is 0 Å². The normalized spacial score (nSPS) is 14.0. The van der Waals surface area contributed by atoms with Gasteiger partial charge in [0.25, 0.3) is 5.91 Å². The number of nitrogens with one attached hydrogen (secondary N) is 1. The van der Waals surface area contributed by atoms with Crippen molar-refractivity contribution in [2.75, 3.05) is 18.5 Å². The quantitative estimate of drug-likeness (QED) is 0.920. The molecule has 0 radical (unpaired) electrons. The molecule has 1 aliphatic heterocycles. The Kier molecular flexibility index (Phi) is 4.66. The SMILES string of the molecule is CC[C@@H](Oc1ccccc1)C(=O)Nc1ccc2c(c1)OCCO2. The molecule has 0 spiro atoms. The van der Waals surface area contributed by atoms with Crippen molar-refractivity contribution in [3.63, 3.8) is 0 Å². The third kappa shape index (κ3) is 3.74. The molecule has 5 nitrogen and oxygen atoms in total. The molecule has 0 aliphatic carbocycles. The van der Waals surface area contributed by atoms with E-state index < -0.39 is 6.10 Å². The number of carbonyl (C=O) groups is 1. The molecule has 0 saturated heterocycles. The lowest BCUT2D eigenvalue weighted by molar-refractivity contribution is -0.122. The van der Waals surface area contributed by atoms with Crippen LogP contribution in [-0.4, -0.2) is 25.2 Å². The molecule has 1 aliphatic rings. The number of hydrogen-bond donors (Lipinski definition) is 1. The van der Waals surface area contributed by atoms with Crippen LogP contribution in [0.4, 0.5) is 5.69 Å². The van der Waals surface area contributed by atoms with Gasteiger partial charge in [0.1, 0.15) is 19.0 Å². The Bertz CT molecular complexity index is 672. The zero-order chi connectivity index (χ0) is 16.1. The van der Waals surface area contributed by atoms with Crippen molar-refractivity contribution in [3.05, 3.63) is 48.5 Å². The first-order valence-electron chi connectivity index (χ1n) is 7.68. The molecular weight excluding hydrogens is 294 g/mol. The van der Waals surface area contributed by atoms with Gasteiger partial charge in [-0.15, -0.1) is 0 Å². The van der Waals surface area contributed by atoms with Crippen molar-refractivity contribution in [1.82, 2.24) is 0 Å². The second kappa shape index (κ2) is 7.05. The van der Waals surface area contributed by atoms with Gasteiger partial charge in [-0.3, -0.25) is 4.79 Å². The van der Waals surface area contributed by atoms with E-state index in [0.717, 1.165) is 0 Å². The number of anilines is 1. The van der Waals surface area contributed by atoms with Crippen LogP contribution in [0.5, 0.6) is 17.2 Å². The summed E-state index contributed by atoms with van der Waals surface area (Å²) in [6, 6.07) is 14.7. The van der Waals surface area contributed by atoms with Gasteiger partial charge >= 0.3 is 0 Å². The summed E-state index contributed by atoms with van der Waals surface area (Å²) in [4.78, 5) is 12.4. The van der Waals surface area contributed by atoms with Crippen LogP contribution in [0.2, 0.25) is 0 Å². The summed E-state index contributed by atoms with van der Waals surface area (Å²) in [6.07, 6.45) is 0.0243. The smallest absolute Gasteiger partial charge is 0.265 e. The van der Waals surface area contributed by atoms with Gasteiger partial charge in [-0.1, -0.05) is 25.1 Å². The first kappa shape index (κ1) is 15.2. The number of rotatable bonds is 5. The van der Waals surface area contributed by atoms with Crippen molar-refractivity contribution >= 4 is 11.6 Å². The van der Waals surface area contributed by atoms with E-state index in [1.807, 2.05) is 37.3 Å². The van der Waals surface area contributed by atoms with Crippen LogP contribution < -0.4 is 19.5 Å². The third-order valence-electron chi connectivity index (χ3n) is 3.49. The Labute approximate surface area is 135 Å². The molecule has 120 valence electrons. The number of fused-ring (bicyclic) bond motifs is 1. The van der Waals surface area contributed by atoms with Gasteiger partial charge in [0.05, 0.1) is 0 Å². The van der Waals surface area contributed by atoms with Crippen molar-refractivity contribution in [3.8, 4) is 17.2 Å². The van der Waals surface area contributed by atoms with Crippen LogP contribution in [0.25, 0.3) is 0 Å². The highest BCUT2D eigenvalue weighted by Crippen LogP contribution is 2.32. The largest absolute Gasteiger partial charge is 0.486 e. The van der Waals surface area contributed by atoms with Gasteiger partial charge in [-0.05, 0) is 30.7 Å². The molecular formula is C18H19NO4. The molecule has 2 aromatic carbocycles. The van der Waals surface area contributed by atoms with Gasteiger partial charge < -0.3 is 19.5 Å². The molecule has 0 aromatic heterocycles. The lowest BCUT2D eigenvalue weighted by Gasteiger charge is -2.20. The summed E-state index contributed by atoms with van der Waals surface area (Å²) in [5.74, 6) is 1.83. The van der Waals surface area contributed by atoms with E-state index in [4.69, 9.17) is 14.2 Å². The highest BCUT2D eigenvalue weighted by atomic mass is 16.6. The van der Waals surface area contributed by atoms with Crippen LogP contribution in [0.3, 0.4) is 0 Å². The predicted octanol–water partition coefficient (Wildman–Crippen LogP) is 3.25. The average molecular weight is 313 g/mol. The lowest BCUT2D eigenvalue weighted by atomic mass is 10.2. The number of benzene rings is 2. The highest BCUT2D eigenvalue weighted by Gasteiger charge is 2.19. The number of hydrogen-bond acceptors (Lipinski definition) is 4. The topological polar surface area (TPSA) is 56.8 Å². The highest BCUT2D eigenvalue weighted by molar-refractivity contribution is 5.94. The summed E-state index contributed by atoms with van der Waals surface area (Å²) in [6.45, 7) is 2.97.